The molecule has 0 spiro atoms. The Hall–Kier alpha value is -1.43. The molecule has 1 aromatic heterocycles. The topological polar surface area (TPSA) is 70.5 Å². The van der Waals surface area contributed by atoms with Gasteiger partial charge in [-0.3, -0.25) is 9.59 Å². The number of hydrogen-bond donors (Lipinski definition) is 1. The van der Waals surface area contributed by atoms with E-state index in [2.05, 4.69) is 4.98 Å². The molecule has 0 bridgehead atoms. The number of thiazole rings is 1. The molecular formula is C13H20N2O3S. The van der Waals surface area contributed by atoms with Crippen molar-refractivity contribution >= 4 is 23.2 Å². The smallest absolute Gasteiger partial charge is 0.323 e. The van der Waals surface area contributed by atoms with Crippen LogP contribution in [-0.4, -0.2) is 40.0 Å². The summed E-state index contributed by atoms with van der Waals surface area (Å²) in [7, 11) is 0. The van der Waals surface area contributed by atoms with Gasteiger partial charge in [-0.05, 0) is 5.92 Å². The fourth-order valence-electron chi connectivity index (χ4n) is 1.63. The molecular weight excluding hydrogens is 264 g/mol. The molecule has 1 N–H and O–H groups in total. The number of aromatic nitrogens is 1. The summed E-state index contributed by atoms with van der Waals surface area (Å²) in [5.41, 5.74) is 0. The molecule has 1 heterocycles. The standard InChI is InChI=1S/C13H20N2O3S/c1-8(2)6-15(7-11(16)17)13(18)10-5-14-12(19-10)9(3)4/h5,8-9H,6-7H2,1-4H3,(H,16,17). The molecule has 106 valence electrons. The Balaban J connectivity index is 2.87. The lowest BCUT2D eigenvalue weighted by Gasteiger charge is -2.21. The molecule has 1 aromatic rings. The van der Waals surface area contributed by atoms with Gasteiger partial charge in [0.15, 0.2) is 0 Å². The van der Waals surface area contributed by atoms with Crippen LogP contribution >= 0.6 is 11.3 Å². The van der Waals surface area contributed by atoms with Crippen LogP contribution in [0.1, 0.15) is 48.3 Å². The highest BCUT2D eigenvalue weighted by molar-refractivity contribution is 7.13. The third kappa shape index (κ3) is 4.63. The quantitative estimate of drug-likeness (QED) is 0.871. The van der Waals surface area contributed by atoms with Gasteiger partial charge in [-0.1, -0.05) is 27.7 Å². The van der Waals surface area contributed by atoms with Crippen molar-refractivity contribution < 1.29 is 14.7 Å². The first kappa shape index (κ1) is 15.6. The van der Waals surface area contributed by atoms with Crippen molar-refractivity contribution in [2.24, 2.45) is 5.92 Å². The molecule has 0 aromatic carbocycles. The SMILES string of the molecule is CC(C)CN(CC(=O)O)C(=O)c1cnc(C(C)C)s1. The van der Waals surface area contributed by atoms with Crippen molar-refractivity contribution in [3.05, 3.63) is 16.1 Å². The first-order chi connectivity index (χ1) is 8.81. The number of carboxylic acid groups (broad SMARTS) is 1. The number of carboxylic acids is 1. The van der Waals surface area contributed by atoms with Crippen molar-refractivity contribution in [2.45, 2.75) is 33.6 Å². The van der Waals surface area contributed by atoms with E-state index in [1.54, 1.807) is 0 Å². The lowest BCUT2D eigenvalue weighted by Crippen LogP contribution is -2.37. The van der Waals surface area contributed by atoms with Crippen LogP contribution < -0.4 is 0 Å². The average Bonchev–Trinajstić information content (AvgIpc) is 2.75. The molecule has 0 fully saturated rings. The third-order valence-corrected chi connectivity index (χ3v) is 3.71. The predicted octanol–water partition coefficient (Wildman–Crippen LogP) is 2.45. The molecule has 5 nitrogen and oxygen atoms in total. The third-order valence-electron chi connectivity index (χ3n) is 2.43. The molecule has 0 aliphatic heterocycles. The van der Waals surface area contributed by atoms with Crippen molar-refractivity contribution in [3.8, 4) is 0 Å². The molecule has 0 aliphatic carbocycles. The number of nitrogens with zero attached hydrogens (tertiary/aromatic N) is 2. The summed E-state index contributed by atoms with van der Waals surface area (Å²) in [5, 5.41) is 9.77. The van der Waals surface area contributed by atoms with Gasteiger partial charge in [0.2, 0.25) is 0 Å². The Kier molecular flexibility index (Phi) is 5.47. The predicted molar refractivity (Wildman–Crippen MR) is 74.6 cm³/mol. The number of amides is 1. The van der Waals surface area contributed by atoms with Crippen LogP contribution in [0.25, 0.3) is 0 Å². The van der Waals surface area contributed by atoms with E-state index in [4.69, 9.17) is 5.11 Å². The van der Waals surface area contributed by atoms with Crippen LogP contribution in [-0.2, 0) is 4.79 Å². The van der Waals surface area contributed by atoms with Crippen LogP contribution in [0.3, 0.4) is 0 Å². The second-order valence-electron chi connectivity index (χ2n) is 5.19. The molecule has 0 saturated carbocycles. The average molecular weight is 284 g/mol. The Morgan fingerprint density at radius 1 is 1.37 bits per heavy atom. The first-order valence-electron chi connectivity index (χ1n) is 6.28. The number of carbonyl (C=O) groups excluding carboxylic acids is 1. The van der Waals surface area contributed by atoms with E-state index in [1.165, 1.54) is 22.4 Å². The van der Waals surface area contributed by atoms with E-state index in [-0.39, 0.29) is 24.3 Å². The monoisotopic (exact) mass is 284 g/mol. The van der Waals surface area contributed by atoms with Crippen molar-refractivity contribution in [3.63, 3.8) is 0 Å². The van der Waals surface area contributed by atoms with Gasteiger partial charge in [-0.25, -0.2) is 4.98 Å². The summed E-state index contributed by atoms with van der Waals surface area (Å²) in [6, 6.07) is 0. The van der Waals surface area contributed by atoms with Gasteiger partial charge in [-0.15, -0.1) is 11.3 Å². The van der Waals surface area contributed by atoms with Gasteiger partial charge in [-0.2, -0.15) is 0 Å². The summed E-state index contributed by atoms with van der Waals surface area (Å²) in [4.78, 5) is 29.2. The number of hydrogen-bond acceptors (Lipinski definition) is 4. The van der Waals surface area contributed by atoms with Gasteiger partial charge >= 0.3 is 5.97 Å². The zero-order chi connectivity index (χ0) is 14.6. The maximum absolute atomic E-state index is 12.3. The van der Waals surface area contributed by atoms with Gasteiger partial charge in [0, 0.05) is 12.5 Å². The van der Waals surface area contributed by atoms with E-state index >= 15 is 0 Å². The summed E-state index contributed by atoms with van der Waals surface area (Å²) in [5.74, 6) is -0.756. The molecule has 0 unspecified atom stereocenters. The van der Waals surface area contributed by atoms with Gasteiger partial charge < -0.3 is 10.0 Å². The van der Waals surface area contributed by atoms with E-state index in [0.29, 0.717) is 11.4 Å². The molecule has 0 saturated heterocycles. The van der Waals surface area contributed by atoms with Crippen LogP contribution in [0, 0.1) is 5.92 Å². The fraction of sp³-hybridized carbons (Fsp3) is 0.615. The van der Waals surface area contributed by atoms with Crippen LogP contribution in [0.15, 0.2) is 6.20 Å². The summed E-state index contributed by atoms with van der Waals surface area (Å²) < 4.78 is 0. The molecule has 0 radical (unpaired) electrons. The Morgan fingerprint density at radius 2 is 2.00 bits per heavy atom. The lowest BCUT2D eigenvalue weighted by molar-refractivity contribution is -0.137. The molecule has 0 atom stereocenters. The van der Waals surface area contributed by atoms with E-state index in [1.807, 2.05) is 27.7 Å². The first-order valence-corrected chi connectivity index (χ1v) is 7.09. The Bertz CT molecular complexity index is 454. The maximum Gasteiger partial charge on any atom is 0.323 e. The molecule has 19 heavy (non-hydrogen) atoms. The number of carbonyl (C=O) groups is 2. The highest BCUT2D eigenvalue weighted by atomic mass is 32.1. The Morgan fingerprint density at radius 3 is 2.42 bits per heavy atom. The zero-order valence-electron chi connectivity index (χ0n) is 11.7. The largest absolute Gasteiger partial charge is 0.480 e. The minimum atomic E-state index is -0.998. The summed E-state index contributed by atoms with van der Waals surface area (Å²) in [6.45, 7) is 8.08. The molecule has 6 heteroatoms. The maximum atomic E-state index is 12.3. The lowest BCUT2D eigenvalue weighted by atomic mass is 10.2. The minimum absolute atomic E-state index is 0.223. The highest BCUT2D eigenvalue weighted by Crippen LogP contribution is 2.22. The molecule has 1 amide bonds. The molecule has 1 rings (SSSR count). The summed E-state index contributed by atoms with van der Waals surface area (Å²) >= 11 is 1.34. The van der Waals surface area contributed by atoms with Crippen molar-refractivity contribution in [1.29, 1.82) is 0 Å². The van der Waals surface area contributed by atoms with Crippen LogP contribution in [0.4, 0.5) is 0 Å². The highest BCUT2D eigenvalue weighted by Gasteiger charge is 2.22. The van der Waals surface area contributed by atoms with Gasteiger partial charge in [0.1, 0.15) is 11.4 Å². The van der Waals surface area contributed by atoms with Gasteiger partial charge in [0.05, 0.1) is 11.2 Å². The second kappa shape index (κ2) is 6.65. The number of aliphatic carboxylic acids is 1. The minimum Gasteiger partial charge on any atom is -0.480 e. The van der Waals surface area contributed by atoms with Crippen molar-refractivity contribution in [2.75, 3.05) is 13.1 Å². The van der Waals surface area contributed by atoms with E-state index in [0.717, 1.165) is 5.01 Å². The second-order valence-corrected chi connectivity index (χ2v) is 6.25. The normalized spacial score (nSPS) is 11.1. The van der Waals surface area contributed by atoms with E-state index < -0.39 is 5.97 Å². The van der Waals surface area contributed by atoms with E-state index in [9.17, 15) is 9.59 Å². The van der Waals surface area contributed by atoms with Crippen LogP contribution in [0.2, 0.25) is 0 Å². The van der Waals surface area contributed by atoms with Crippen molar-refractivity contribution in [1.82, 2.24) is 9.88 Å². The Labute approximate surface area is 117 Å². The number of rotatable bonds is 6. The fourth-order valence-corrected chi connectivity index (χ4v) is 2.52. The zero-order valence-corrected chi connectivity index (χ0v) is 12.5. The van der Waals surface area contributed by atoms with Gasteiger partial charge in [0.25, 0.3) is 5.91 Å². The van der Waals surface area contributed by atoms with Crippen LogP contribution in [0.5, 0.6) is 0 Å². The summed E-state index contributed by atoms with van der Waals surface area (Å²) in [6.07, 6.45) is 1.54. The molecule has 0 aliphatic rings.